The first-order valence-corrected chi connectivity index (χ1v) is 9.25. The van der Waals surface area contributed by atoms with Crippen LogP contribution in [0.3, 0.4) is 0 Å². The van der Waals surface area contributed by atoms with Crippen molar-refractivity contribution < 1.29 is 9.18 Å². The number of amides is 2. The Morgan fingerprint density at radius 1 is 1.04 bits per heavy atom. The lowest BCUT2D eigenvalue weighted by molar-refractivity contribution is 0.211. The fourth-order valence-electron chi connectivity index (χ4n) is 2.97. The van der Waals surface area contributed by atoms with Crippen LogP contribution in [0.4, 0.5) is 14.9 Å². The summed E-state index contributed by atoms with van der Waals surface area (Å²) in [7, 11) is 0. The van der Waals surface area contributed by atoms with Crippen LogP contribution in [0.5, 0.6) is 0 Å². The van der Waals surface area contributed by atoms with Gasteiger partial charge in [-0.1, -0.05) is 29.3 Å². The Bertz CT molecular complexity index is 750. The van der Waals surface area contributed by atoms with E-state index in [2.05, 4.69) is 10.2 Å². The van der Waals surface area contributed by atoms with Crippen LogP contribution in [0.2, 0.25) is 10.0 Å². The molecule has 3 rings (SSSR count). The van der Waals surface area contributed by atoms with Crippen LogP contribution >= 0.6 is 23.2 Å². The minimum Gasteiger partial charge on any atom is -0.323 e. The standard InChI is InChI=1S/C19H20Cl2FN3O/c20-14-5-7-15(8-6-14)23-19(26)25-10-2-9-24(11-12-25)13-16-17(21)3-1-4-18(16)22/h1,3-8H,2,9-13H2,(H,23,26). The first kappa shape index (κ1) is 19.0. The lowest BCUT2D eigenvalue weighted by Gasteiger charge is -2.23. The molecule has 1 aliphatic rings. The highest BCUT2D eigenvalue weighted by atomic mass is 35.5. The van der Waals surface area contributed by atoms with Gasteiger partial charge in [0.25, 0.3) is 0 Å². The molecule has 0 aromatic heterocycles. The van der Waals surface area contributed by atoms with Gasteiger partial charge in [0.1, 0.15) is 5.82 Å². The molecule has 1 N–H and O–H groups in total. The van der Waals surface area contributed by atoms with E-state index in [1.807, 2.05) is 0 Å². The number of carbonyl (C=O) groups is 1. The summed E-state index contributed by atoms with van der Waals surface area (Å²) in [6.07, 6.45) is 0.820. The molecular weight excluding hydrogens is 376 g/mol. The van der Waals surface area contributed by atoms with E-state index in [-0.39, 0.29) is 11.8 Å². The first-order chi connectivity index (χ1) is 12.5. The summed E-state index contributed by atoms with van der Waals surface area (Å²) >= 11 is 12.0. The van der Waals surface area contributed by atoms with E-state index in [0.717, 1.165) is 13.0 Å². The summed E-state index contributed by atoms with van der Waals surface area (Å²) in [6, 6.07) is 11.6. The molecule has 0 saturated carbocycles. The van der Waals surface area contributed by atoms with Gasteiger partial charge >= 0.3 is 6.03 Å². The molecule has 1 fully saturated rings. The van der Waals surface area contributed by atoms with Gasteiger partial charge in [-0.15, -0.1) is 0 Å². The third-order valence-corrected chi connectivity index (χ3v) is 5.02. The minimum atomic E-state index is -0.293. The van der Waals surface area contributed by atoms with Crippen molar-refractivity contribution in [3.05, 3.63) is 63.9 Å². The zero-order valence-corrected chi connectivity index (χ0v) is 15.7. The van der Waals surface area contributed by atoms with Crippen molar-refractivity contribution in [3.63, 3.8) is 0 Å². The summed E-state index contributed by atoms with van der Waals surface area (Å²) in [6.45, 7) is 3.12. The van der Waals surface area contributed by atoms with Crippen molar-refractivity contribution in [2.75, 3.05) is 31.5 Å². The Morgan fingerprint density at radius 2 is 1.81 bits per heavy atom. The van der Waals surface area contributed by atoms with Crippen molar-refractivity contribution in [3.8, 4) is 0 Å². The monoisotopic (exact) mass is 395 g/mol. The number of nitrogens with zero attached hydrogens (tertiary/aromatic N) is 2. The Labute approximate surface area is 162 Å². The molecule has 0 radical (unpaired) electrons. The van der Waals surface area contributed by atoms with Crippen LogP contribution < -0.4 is 5.32 Å². The minimum absolute atomic E-state index is 0.141. The predicted octanol–water partition coefficient (Wildman–Crippen LogP) is 4.87. The van der Waals surface area contributed by atoms with Crippen molar-refractivity contribution in [1.29, 1.82) is 0 Å². The van der Waals surface area contributed by atoms with E-state index >= 15 is 0 Å². The predicted molar refractivity (Wildman–Crippen MR) is 103 cm³/mol. The number of benzene rings is 2. The molecule has 0 spiro atoms. The van der Waals surface area contributed by atoms with E-state index in [1.54, 1.807) is 41.3 Å². The smallest absolute Gasteiger partial charge is 0.321 e. The Kier molecular flexibility index (Phi) is 6.35. The van der Waals surface area contributed by atoms with Gasteiger partial charge in [0, 0.05) is 54.0 Å². The largest absolute Gasteiger partial charge is 0.323 e. The van der Waals surface area contributed by atoms with Gasteiger partial charge in [-0.25, -0.2) is 9.18 Å². The molecule has 2 aromatic rings. The number of nitrogens with one attached hydrogen (secondary N) is 1. The number of hydrogen-bond donors (Lipinski definition) is 1. The summed E-state index contributed by atoms with van der Waals surface area (Å²) in [4.78, 5) is 16.4. The molecule has 2 aromatic carbocycles. The highest BCUT2D eigenvalue weighted by molar-refractivity contribution is 6.31. The quantitative estimate of drug-likeness (QED) is 0.804. The number of hydrogen-bond acceptors (Lipinski definition) is 2. The third-order valence-electron chi connectivity index (χ3n) is 4.41. The molecular formula is C19H20Cl2FN3O. The SMILES string of the molecule is O=C(Nc1ccc(Cl)cc1)N1CCCN(Cc2c(F)cccc2Cl)CC1. The second-order valence-electron chi connectivity index (χ2n) is 6.25. The molecule has 1 aliphatic heterocycles. The maximum absolute atomic E-state index is 14.0. The maximum Gasteiger partial charge on any atom is 0.321 e. The third kappa shape index (κ3) is 4.87. The van der Waals surface area contributed by atoms with Gasteiger partial charge in [0.05, 0.1) is 0 Å². The van der Waals surface area contributed by atoms with Crippen LogP contribution in [-0.4, -0.2) is 42.0 Å². The highest BCUT2D eigenvalue weighted by Crippen LogP contribution is 2.21. The van der Waals surface area contributed by atoms with Crippen molar-refractivity contribution in [2.45, 2.75) is 13.0 Å². The molecule has 2 amide bonds. The first-order valence-electron chi connectivity index (χ1n) is 8.49. The van der Waals surface area contributed by atoms with Crippen molar-refractivity contribution in [1.82, 2.24) is 9.80 Å². The van der Waals surface area contributed by atoms with E-state index in [1.165, 1.54) is 6.07 Å². The molecule has 7 heteroatoms. The van der Waals surface area contributed by atoms with E-state index in [0.29, 0.717) is 47.5 Å². The fourth-order valence-corrected chi connectivity index (χ4v) is 3.32. The van der Waals surface area contributed by atoms with E-state index in [9.17, 15) is 9.18 Å². The van der Waals surface area contributed by atoms with Gasteiger partial charge in [0.15, 0.2) is 0 Å². The molecule has 1 heterocycles. The average Bonchev–Trinajstić information content (AvgIpc) is 2.86. The average molecular weight is 396 g/mol. The fraction of sp³-hybridized carbons (Fsp3) is 0.316. The number of rotatable bonds is 3. The van der Waals surface area contributed by atoms with Gasteiger partial charge in [-0.3, -0.25) is 4.90 Å². The summed E-state index contributed by atoms with van der Waals surface area (Å²) in [5.41, 5.74) is 1.21. The Hall–Kier alpha value is -1.82. The summed E-state index contributed by atoms with van der Waals surface area (Å²) in [5, 5.41) is 3.94. The Morgan fingerprint density at radius 3 is 2.54 bits per heavy atom. The Balaban J connectivity index is 1.57. The van der Waals surface area contributed by atoms with Crippen LogP contribution in [0.15, 0.2) is 42.5 Å². The van der Waals surface area contributed by atoms with Crippen LogP contribution in [-0.2, 0) is 6.54 Å². The summed E-state index contributed by atoms with van der Waals surface area (Å²) in [5.74, 6) is -0.293. The number of anilines is 1. The second kappa shape index (κ2) is 8.71. The van der Waals surface area contributed by atoms with Crippen LogP contribution in [0, 0.1) is 5.82 Å². The zero-order valence-electron chi connectivity index (χ0n) is 14.2. The maximum atomic E-state index is 14.0. The molecule has 1 saturated heterocycles. The molecule has 4 nitrogen and oxygen atoms in total. The molecule has 0 atom stereocenters. The van der Waals surface area contributed by atoms with Gasteiger partial charge < -0.3 is 10.2 Å². The van der Waals surface area contributed by atoms with Crippen molar-refractivity contribution >= 4 is 34.9 Å². The number of urea groups is 1. The van der Waals surface area contributed by atoms with E-state index < -0.39 is 0 Å². The topological polar surface area (TPSA) is 35.6 Å². The number of halogens is 3. The molecule has 0 aliphatic carbocycles. The van der Waals surface area contributed by atoms with Gasteiger partial charge in [0.2, 0.25) is 0 Å². The molecule has 0 unspecified atom stereocenters. The second-order valence-corrected chi connectivity index (χ2v) is 7.10. The van der Waals surface area contributed by atoms with Crippen LogP contribution in [0.1, 0.15) is 12.0 Å². The molecule has 0 bridgehead atoms. The van der Waals surface area contributed by atoms with Crippen molar-refractivity contribution in [2.24, 2.45) is 0 Å². The zero-order chi connectivity index (χ0) is 18.5. The lowest BCUT2D eigenvalue weighted by atomic mass is 10.2. The highest BCUT2D eigenvalue weighted by Gasteiger charge is 2.20. The molecule has 26 heavy (non-hydrogen) atoms. The lowest BCUT2D eigenvalue weighted by Crippen LogP contribution is -2.38. The normalized spacial score (nSPS) is 15.6. The van der Waals surface area contributed by atoms with Gasteiger partial charge in [-0.2, -0.15) is 0 Å². The van der Waals surface area contributed by atoms with Crippen LogP contribution in [0.25, 0.3) is 0 Å². The molecule has 138 valence electrons. The van der Waals surface area contributed by atoms with Gasteiger partial charge in [-0.05, 0) is 42.8 Å². The number of carbonyl (C=O) groups excluding carboxylic acids is 1. The van der Waals surface area contributed by atoms with E-state index in [4.69, 9.17) is 23.2 Å². The summed E-state index contributed by atoms with van der Waals surface area (Å²) < 4.78 is 14.0.